The Bertz CT molecular complexity index is 657. The van der Waals surface area contributed by atoms with Crippen molar-refractivity contribution in [3.8, 4) is 0 Å². The Hall–Kier alpha value is -2.08. The predicted molar refractivity (Wildman–Crippen MR) is 98.9 cm³/mol. The van der Waals surface area contributed by atoms with Crippen LogP contribution in [-0.4, -0.2) is 48.4 Å². The number of piperidine rings is 1. The van der Waals surface area contributed by atoms with Gasteiger partial charge in [-0.15, -0.1) is 0 Å². The number of hydrogen-bond acceptors (Lipinski definition) is 4. The van der Waals surface area contributed by atoms with Crippen molar-refractivity contribution in [3.63, 3.8) is 0 Å². The molecule has 2 amide bonds. The van der Waals surface area contributed by atoms with Gasteiger partial charge in [-0.3, -0.25) is 9.59 Å². The summed E-state index contributed by atoms with van der Waals surface area (Å²) in [5.41, 5.74) is 0.289. The fourth-order valence-corrected chi connectivity index (χ4v) is 3.04. The van der Waals surface area contributed by atoms with Crippen LogP contribution in [0.5, 0.6) is 0 Å². The third-order valence-corrected chi connectivity index (χ3v) is 4.70. The number of amides is 2. The molecule has 0 unspecified atom stereocenters. The van der Waals surface area contributed by atoms with Gasteiger partial charge in [-0.2, -0.15) is 0 Å². The molecule has 1 saturated heterocycles. The summed E-state index contributed by atoms with van der Waals surface area (Å²) in [7, 11) is 0. The van der Waals surface area contributed by atoms with Crippen LogP contribution in [0.25, 0.3) is 0 Å². The number of halogens is 1. The molecule has 0 saturated carbocycles. The summed E-state index contributed by atoms with van der Waals surface area (Å²) in [5.74, 6) is -1.46. The van der Waals surface area contributed by atoms with Crippen LogP contribution in [0.15, 0.2) is 24.3 Å². The van der Waals surface area contributed by atoms with Gasteiger partial charge in [-0.05, 0) is 37.3 Å². The quantitative estimate of drug-likeness (QED) is 0.770. The van der Waals surface area contributed by atoms with Crippen molar-refractivity contribution in [1.82, 2.24) is 10.2 Å². The van der Waals surface area contributed by atoms with Gasteiger partial charge in [0.15, 0.2) is 6.61 Å². The summed E-state index contributed by atoms with van der Waals surface area (Å²) in [6, 6.07) is 5.75. The number of nitrogens with one attached hydrogen (secondary N) is 1. The number of benzene rings is 1. The Labute approximate surface area is 158 Å². The highest BCUT2D eigenvalue weighted by atomic mass is 35.5. The molecule has 0 aliphatic carbocycles. The first-order valence-electron chi connectivity index (χ1n) is 8.90. The van der Waals surface area contributed by atoms with Crippen molar-refractivity contribution in [1.29, 1.82) is 0 Å². The summed E-state index contributed by atoms with van der Waals surface area (Å²) in [6.45, 7) is 4.70. The monoisotopic (exact) mass is 380 g/mol. The molecule has 0 bridgehead atoms. The van der Waals surface area contributed by atoms with E-state index in [0.29, 0.717) is 18.1 Å². The van der Waals surface area contributed by atoms with E-state index in [1.165, 1.54) is 0 Å². The van der Waals surface area contributed by atoms with E-state index < -0.39 is 17.9 Å². The number of ether oxygens (including phenoxy) is 1. The Morgan fingerprint density at radius 3 is 2.42 bits per heavy atom. The van der Waals surface area contributed by atoms with Gasteiger partial charge < -0.3 is 15.0 Å². The minimum absolute atomic E-state index is 0.195. The van der Waals surface area contributed by atoms with E-state index in [9.17, 15) is 14.4 Å². The Kier molecular flexibility index (Phi) is 7.45. The zero-order valence-electron chi connectivity index (χ0n) is 15.2. The number of carbonyl (C=O) groups is 3. The fourth-order valence-electron chi connectivity index (χ4n) is 2.82. The molecule has 1 heterocycles. The maximum absolute atomic E-state index is 12.4. The molecular weight excluding hydrogens is 356 g/mol. The van der Waals surface area contributed by atoms with Crippen molar-refractivity contribution >= 4 is 29.4 Å². The third-order valence-electron chi connectivity index (χ3n) is 4.37. The van der Waals surface area contributed by atoms with Gasteiger partial charge in [0.05, 0.1) is 10.6 Å². The molecule has 1 N–H and O–H groups in total. The van der Waals surface area contributed by atoms with E-state index in [1.807, 2.05) is 0 Å². The van der Waals surface area contributed by atoms with Crippen molar-refractivity contribution in [2.45, 2.75) is 39.2 Å². The molecule has 1 aromatic rings. The van der Waals surface area contributed by atoms with Crippen LogP contribution in [0.3, 0.4) is 0 Å². The van der Waals surface area contributed by atoms with Crippen LogP contribution >= 0.6 is 11.6 Å². The largest absolute Gasteiger partial charge is 0.454 e. The highest BCUT2D eigenvalue weighted by Crippen LogP contribution is 2.16. The number of nitrogens with zero attached hydrogens (tertiary/aromatic N) is 1. The molecule has 0 aromatic heterocycles. The molecule has 2 rings (SSSR count). The smallest absolute Gasteiger partial charge is 0.329 e. The summed E-state index contributed by atoms with van der Waals surface area (Å²) in [4.78, 5) is 38.6. The molecule has 142 valence electrons. The number of hydrogen-bond donors (Lipinski definition) is 1. The molecule has 6 nitrogen and oxygen atoms in total. The SMILES string of the molecule is CC(C)[C@@H](NC(=O)c1ccccc1Cl)C(=O)OCC(=O)N1CCCCC1. The summed E-state index contributed by atoms with van der Waals surface area (Å²) in [5, 5.41) is 2.96. The lowest BCUT2D eigenvalue weighted by Gasteiger charge is -2.27. The second-order valence-corrected chi connectivity index (χ2v) is 7.13. The van der Waals surface area contributed by atoms with Crippen molar-refractivity contribution in [2.24, 2.45) is 5.92 Å². The Morgan fingerprint density at radius 1 is 1.15 bits per heavy atom. The molecule has 0 spiro atoms. The molecule has 1 atom stereocenters. The normalized spacial score (nSPS) is 15.5. The molecule has 1 fully saturated rings. The fraction of sp³-hybridized carbons (Fsp3) is 0.526. The highest BCUT2D eigenvalue weighted by molar-refractivity contribution is 6.33. The highest BCUT2D eigenvalue weighted by Gasteiger charge is 2.28. The first kappa shape index (κ1) is 20.2. The van der Waals surface area contributed by atoms with Crippen LogP contribution in [0, 0.1) is 5.92 Å². The Morgan fingerprint density at radius 2 is 1.81 bits per heavy atom. The lowest BCUT2D eigenvalue weighted by molar-refractivity contribution is -0.154. The zero-order chi connectivity index (χ0) is 19.1. The summed E-state index contributed by atoms with van der Waals surface area (Å²) < 4.78 is 5.17. The average Bonchev–Trinajstić information content (AvgIpc) is 2.64. The van der Waals surface area contributed by atoms with E-state index in [0.717, 1.165) is 19.3 Å². The van der Waals surface area contributed by atoms with E-state index in [-0.39, 0.29) is 24.0 Å². The van der Waals surface area contributed by atoms with E-state index in [2.05, 4.69) is 5.32 Å². The average molecular weight is 381 g/mol. The number of likely N-dealkylation sites (tertiary alicyclic amines) is 1. The topological polar surface area (TPSA) is 75.7 Å². The maximum Gasteiger partial charge on any atom is 0.329 e. The van der Waals surface area contributed by atoms with Crippen molar-refractivity contribution in [2.75, 3.05) is 19.7 Å². The van der Waals surface area contributed by atoms with E-state index in [1.54, 1.807) is 43.0 Å². The van der Waals surface area contributed by atoms with Crippen LogP contribution in [0.1, 0.15) is 43.5 Å². The number of rotatable bonds is 6. The number of esters is 1. The van der Waals surface area contributed by atoms with Gasteiger partial charge in [0.1, 0.15) is 6.04 Å². The van der Waals surface area contributed by atoms with Gasteiger partial charge in [0.2, 0.25) is 0 Å². The summed E-state index contributed by atoms with van der Waals surface area (Å²) in [6.07, 6.45) is 3.07. The van der Waals surface area contributed by atoms with Crippen LogP contribution in [0.4, 0.5) is 0 Å². The van der Waals surface area contributed by atoms with E-state index >= 15 is 0 Å². The number of carbonyl (C=O) groups excluding carboxylic acids is 3. The molecule has 1 aliphatic rings. The van der Waals surface area contributed by atoms with Gasteiger partial charge in [0.25, 0.3) is 11.8 Å². The zero-order valence-corrected chi connectivity index (χ0v) is 15.9. The minimum Gasteiger partial charge on any atom is -0.454 e. The first-order chi connectivity index (χ1) is 12.4. The van der Waals surface area contributed by atoms with E-state index in [4.69, 9.17) is 16.3 Å². The third kappa shape index (κ3) is 5.46. The lowest BCUT2D eigenvalue weighted by atomic mass is 10.0. The van der Waals surface area contributed by atoms with Crippen LogP contribution in [0.2, 0.25) is 5.02 Å². The first-order valence-corrected chi connectivity index (χ1v) is 9.27. The molecule has 1 aliphatic heterocycles. The maximum atomic E-state index is 12.4. The lowest BCUT2D eigenvalue weighted by Crippen LogP contribution is -2.46. The Balaban J connectivity index is 1.93. The second kappa shape index (κ2) is 9.57. The van der Waals surface area contributed by atoms with Gasteiger partial charge in [-0.1, -0.05) is 37.6 Å². The predicted octanol–water partition coefficient (Wildman–Crippen LogP) is 2.65. The van der Waals surface area contributed by atoms with Gasteiger partial charge in [0, 0.05) is 13.1 Å². The van der Waals surface area contributed by atoms with Crippen molar-refractivity contribution in [3.05, 3.63) is 34.9 Å². The van der Waals surface area contributed by atoms with Crippen LogP contribution < -0.4 is 5.32 Å². The molecule has 26 heavy (non-hydrogen) atoms. The second-order valence-electron chi connectivity index (χ2n) is 6.72. The van der Waals surface area contributed by atoms with Crippen LogP contribution in [-0.2, 0) is 14.3 Å². The molecule has 7 heteroatoms. The molecule has 0 radical (unpaired) electrons. The summed E-state index contributed by atoms with van der Waals surface area (Å²) >= 11 is 6.02. The van der Waals surface area contributed by atoms with Gasteiger partial charge in [-0.25, -0.2) is 4.79 Å². The van der Waals surface area contributed by atoms with Gasteiger partial charge >= 0.3 is 5.97 Å². The molecular formula is C19H25ClN2O4. The minimum atomic E-state index is -0.854. The van der Waals surface area contributed by atoms with Crippen molar-refractivity contribution < 1.29 is 19.1 Å². The molecule has 1 aromatic carbocycles. The standard InChI is InChI=1S/C19H25ClN2O4/c1-13(2)17(21-18(24)14-8-4-5-9-15(14)20)19(25)26-12-16(23)22-10-6-3-7-11-22/h4-5,8-9,13,17H,3,6-7,10-12H2,1-2H3,(H,21,24)/t17-/m1/s1.